The second-order valence-electron chi connectivity index (χ2n) is 6.76. The lowest BCUT2D eigenvalue weighted by molar-refractivity contribution is -0.121. The van der Waals surface area contributed by atoms with E-state index in [2.05, 4.69) is 10.2 Å². The van der Waals surface area contributed by atoms with Gasteiger partial charge >= 0.3 is 0 Å². The normalized spacial score (nSPS) is 19.3. The maximum atomic E-state index is 13.0. The zero-order chi connectivity index (χ0) is 17.9. The molecule has 6 heteroatoms. The Morgan fingerprint density at radius 1 is 1.15 bits per heavy atom. The molecule has 2 aliphatic heterocycles. The number of fused-ring (bicyclic) bond motifs is 1. The topological polar surface area (TPSA) is 50.8 Å². The molecule has 0 aliphatic carbocycles. The average Bonchev–Trinajstić information content (AvgIpc) is 3.12. The summed E-state index contributed by atoms with van der Waals surface area (Å²) in [6, 6.07) is 12.0. The zero-order valence-electron chi connectivity index (χ0n) is 14.4. The van der Waals surface area contributed by atoms with E-state index < -0.39 is 0 Å². The van der Waals surface area contributed by atoms with E-state index in [-0.39, 0.29) is 24.4 Å². The Kier molecular flexibility index (Phi) is 4.75. The van der Waals surface area contributed by atoms with E-state index in [9.17, 15) is 9.18 Å². The summed E-state index contributed by atoms with van der Waals surface area (Å²) in [5.74, 6) is 1.09. The molecule has 0 bridgehead atoms. The van der Waals surface area contributed by atoms with Gasteiger partial charge in [-0.15, -0.1) is 0 Å². The minimum Gasteiger partial charge on any atom is -0.454 e. The third kappa shape index (κ3) is 3.80. The van der Waals surface area contributed by atoms with Crippen LogP contribution < -0.4 is 14.8 Å². The third-order valence-corrected chi connectivity index (χ3v) is 4.84. The van der Waals surface area contributed by atoms with E-state index in [0.29, 0.717) is 18.0 Å². The van der Waals surface area contributed by atoms with Crippen molar-refractivity contribution in [3.63, 3.8) is 0 Å². The molecule has 0 saturated carbocycles. The molecule has 0 spiro atoms. The first-order chi connectivity index (χ1) is 12.7. The smallest absolute Gasteiger partial charge is 0.231 e. The number of rotatable bonds is 4. The van der Waals surface area contributed by atoms with Crippen molar-refractivity contribution in [1.29, 1.82) is 0 Å². The molecule has 1 saturated heterocycles. The Balaban J connectivity index is 1.36. The van der Waals surface area contributed by atoms with Crippen LogP contribution in [0.3, 0.4) is 0 Å². The van der Waals surface area contributed by atoms with Gasteiger partial charge in [0.25, 0.3) is 0 Å². The van der Waals surface area contributed by atoms with Crippen LogP contribution in [0.5, 0.6) is 11.5 Å². The van der Waals surface area contributed by atoms with Gasteiger partial charge in [0, 0.05) is 24.8 Å². The molecule has 2 aromatic rings. The first-order valence-corrected chi connectivity index (χ1v) is 8.85. The Hall–Kier alpha value is -2.60. The fraction of sp³-hybridized carbons (Fsp3) is 0.350. The molecule has 4 rings (SSSR count). The Bertz CT molecular complexity index is 794. The highest BCUT2D eigenvalue weighted by atomic mass is 19.1. The lowest BCUT2D eigenvalue weighted by atomic mass is 9.96. The number of ether oxygens (including phenoxy) is 2. The summed E-state index contributed by atoms with van der Waals surface area (Å²) in [6.45, 7) is 2.60. The van der Waals surface area contributed by atoms with E-state index in [1.807, 2.05) is 6.07 Å². The fourth-order valence-electron chi connectivity index (χ4n) is 3.48. The summed E-state index contributed by atoms with van der Waals surface area (Å²) in [5, 5.41) is 2.98. The Morgan fingerprint density at radius 2 is 1.96 bits per heavy atom. The number of carbonyl (C=O) groups excluding carboxylic acids is 1. The van der Waals surface area contributed by atoms with Crippen LogP contribution in [0.25, 0.3) is 0 Å². The Labute approximate surface area is 151 Å². The summed E-state index contributed by atoms with van der Waals surface area (Å²) in [4.78, 5) is 14.9. The van der Waals surface area contributed by atoms with Gasteiger partial charge in [-0.2, -0.15) is 0 Å². The van der Waals surface area contributed by atoms with E-state index in [1.165, 1.54) is 12.1 Å². The molecule has 2 aromatic carbocycles. The van der Waals surface area contributed by atoms with Gasteiger partial charge in [-0.1, -0.05) is 12.1 Å². The summed E-state index contributed by atoms with van der Waals surface area (Å²) < 4.78 is 23.7. The van der Waals surface area contributed by atoms with Crippen LogP contribution in [-0.2, 0) is 11.3 Å². The van der Waals surface area contributed by atoms with Gasteiger partial charge in [-0.25, -0.2) is 4.39 Å². The van der Waals surface area contributed by atoms with E-state index in [4.69, 9.17) is 9.47 Å². The van der Waals surface area contributed by atoms with E-state index >= 15 is 0 Å². The predicted molar refractivity (Wildman–Crippen MR) is 95.6 cm³/mol. The summed E-state index contributed by atoms with van der Waals surface area (Å²) >= 11 is 0. The second-order valence-corrected chi connectivity index (χ2v) is 6.76. The maximum Gasteiger partial charge on any atom is 0.231 e. The van der Waals surface area contributed by atoms with Gasteiger partial charge < -0.3 is 14.8 Å². The van der Waals surface area contributed by atoms with Crippen molar-refractivity contribution < 1.29 is 18.7 Å². The van der Waals surface area contributed by atoms with Crippen LogP contribution in [0.2, 0.25) is 0 Å². The molecule has 0 aromatic heterocycles. The molecular weight excluding hydrogens is 335 g/mol. The van der Waals surface area contributed by atoms with E-state index in [1.54, 1.807) is 24.3 Å². The summed E-state index contributed by atoms with van der Waals surface area (Å²) in [5.41, 5.74) is 1.78. The number of halogens is 1. The van der Waals surface area contributed by atoms with Crippen molar-refractivity contribution in [2.24, 2.45) is 5.92 Å². The molecule has 1 atom stereocenters. The molecule has 2 aliphatic rings. The molecule has 136 valence electrons. The monoisotopic (exact) mass is 356 g/mol. The maximum absolute atomic E-state index is 13.0. The zero-order valence-corrected chi connectivity index (χ0v) is 14.4. The van der Waals surface area contributed by atoms with Crippen LogP contribution in [0.1, 0.15) is 18.4 Å². The highest BCUT2D eigenvalue weighted by Gasteiger charge is 2.26. The van der Waals surface area contributed by atoms with Crippen LogP contribution in [0.15, 0.2) is 42.5 Å². The fourth-order valence-corrected chi connectivity index (χ4v) is 3.48. The molecule has 1 fully saturated rings. The minimum absolute atomic E-state index is 0.0210. The number of amides is 1. The molecule has 5 nitrogen and oxygen atoms in total. The van der Waals surface area contributed by atoms with Crippen molar-refractivity contribution in [2.45, 2.75) is 19.4 Å². The first-order valence-electron chi connectivity index (χ1n) is 8.85. The summed E-state index contributed by atoms with van der Waals surface area (Å²) in [7, 11) is 0. The van der Waals surface area contributed by atoms with Crippen molar-refractivity contribution in [1.82, 2.24) is 4.90 Å². The lowest BCUT2D eigenvalue weighted by Gasteiger charge is -2.32. The number of nitrogens with one attached hydrogen (secondary N) is 1. The third-order valence-electron chi connectivity index (χ3n) is 4.84. The van der Waals surface area contributed by atoms with Gasteiger partial charge in [0.15, 0.2) is 11.5 Å². The predicted octanol–water partition coefficient (Wildman–Crippen LogP) is 3.41. The number of hydrogen-bond donors (Lipinski definition) is 1. The van der Waals surface area contributed by atoms with Crippen LogP contribution in [0.4, 0.5) is 10.1 Å². The van der Waals surface area contributed by atoms with Crippen molar-refractivity contribution in [2.75, 3.05) is 25.2 Å². The van der Waals surface area contributed by atoms with Crippen molar-refractivity contribution >= 4 is 11.6 Å². The van der Waals surface area contributed by atoms with Crippen LogP contribution >= 0.6 is 0 Å². The van der Waals surface area contributed by atoms with Gasteiger partial charge in [0.05, 0.1) is 5.92 Å². The number of anilines is 1. The molecule has 0 radical (unpaired) electrons. The lowest BCUT2D eigenvalue weighted by Crippen LogP contribution is -2.40. The average molecular weight is 356 g/mol. The van der Waals surface area contributed by atoms with Crippen molar-refractivity contribution in [3.8, 4) is 11.5 Å². The summed E-state index contributed by atoms with van der Waals surface area (Å²) in [6.07, 6.45) is 1.84. The largest absolute Gasteiger partial charge is 0.454 e. The van der Waals surface area contributed by atoms with Gasteiger partial charge in [-0.05, 0) is 49.2 Å². The number of likely N-dealkylation sites (tertiary alicyclic amines) is 1. The highest BCUT2D eigenvalue weighted by Crippen LogP contribution is 2.34. The quantitative estimate of drug-likeness (QED) is 0.912. The van der Waals surface area contributed by atoms with Gasteiger partial charge in [0.2, 0.25) is 12.7 Å². The number of benzene rings is 2. The Morgan fingerprint density at radius 3 is 2.81 bits per heavy atom. The second kappa shape index (κ2) is 7.33. The molecule has 1 amide bonds. The first kappa shape index (κ1) is 16.8. The van der Waals surface area contributed by atoms with Gasteiger partial charge in [0.1, 0.15) is 5.82 Å². The highest BCUT2D eigenvalue weighted by molar-refractivity contribution is 5.93. The van der Waals surface area contributed by atoms with Gasteiger partial charge in [-0.3, -0.25) is 9.69 Å². The number of hydrogen-bond acceptors (Lipinski definition) is 4. The molecule has 2 heterocycles. The number of carbonyl (C=O) groups is 1. The number of nitrogens with zero attached hydrogens (tertiary/aromatic N) is 1. The van der Waals surface area contributed by atoms with Crippen LogP contribution in [0, 0.1) is 11.7 Å². The van der Waals surface area contributed by atoms with Crippen molar-refractivity contribution in [3.05, 3.63) is 53.8 Å². The molecule has 1 N–H and O–H groups in total. The standard InChI is InChI=1S/C20H21FN2O3/c21-16-5-3-14(4-6-16)11-23-9-1-2-15(12-23)20(24)22-17-7-8-18-19(10-17)26-13-25-18/h3-8,10,15H,1-2,9,11-13H2,(H,22,24). The molecule has 26 heavy (non-hydrogen) atoms. The molecule has 1 unspecified atom stereocenters. The SMILES string of the molecule is O=C(Nc1ccc2c(c1)OCO2)C1CCCN(Cc2ccc(F)cc2)C1. The van der Waals surface area contributed by atoms with Crippen LogP contribution in [-0.4, -0.2) is 30.7 Å². The molecular formula is C20H21FN2O3. The van der Waals surface area contributed by atoms with E-state index in [0.717, 1.165) is 37.2 Å². The minimum atomic E-state index is -0.228. The number of piperidine rings is 1.